The molecule has 1 aliphatic rings. The molecule has 2 heterocycles. The van der Waals surface area contributed by atoms with Gasteiger partial charge in [0.1, 0.15) is 17.6 Å². The maximum atomic E-state index is 12.7. The van der Waals surface area contributed by atoms with E-state index in [1.165, 1.54) is 0 Å². The van der Waals surface area contributed by atoms with Crippen molar-refractivity contribution in [3.05, 3.63) is 28.1 Å². The second-order valence-corrected chi connectivity index (χ2v) is 5.06. The molecule has 1 saturated heterocycles. The Kier molecular flexibility index (Phi) is 4.31. The number of anilines is 1. The number of halogens is 3. The number of likely N-dealkylation sites (tertiary alicyclic amines) is 1. The molecule has 2 rings (SSSR count). The summed E-state index contributed by atoms with van der Waals surface area (Å²) in [5.41, 5.74) is -1.71. The smallest absolute Gasteiger partial charge is 0.377 e. The first-order chi connectivity index (χ1) is 9.77. The Morgan fingerprint density at radius 3 is 2.57 bits per heavy atom. The summed E-state index contributed by atoms with van der Waals surface area (Å²) >= 11 is 0. The number of rotatable bonds is 3. The van der Waals surface area contributed by atoms with Crippen LogP contribution in [0.5, 0.6) is 0 Å². The van der Waals surface area contributed by atoms with Crippen LogP contribution in [0.2, 0.25) is 0 Å². The number of pyridine rings is 1. The zero-order valence-electron chi connectivity index (χ0n) is 11.4. The van der Waals surface area contributed by atoms with Crippen molar-refractivity contribution < 1.29 is 18.1 Å². The van der Waals surface area contributed by atoms with Crippen LogP contribution in [-0.4, -0.2) is 41.0 Å². The quantitative estimate of drug-likeness (QED) is 0.686. The third-order valence-corrected chi connectivity index (χ3v) is 3.45. The third-order valence-electron chi connectivity index (χ3n) is 3.45. The molecule has 0 bridgehead atoms. The van der Waals surface area contributed by atoms with Crippen LogP contribution in [0.15, 0.2) is 12.3 Å². The summed E-state index contributed by atoms with van der Waals surface area (Å²) in [6.45, 7) is 1.59. The van der Waals surface area contributed by atoms with Gasteiger partial charge in [-0.1, -0.05) is 0 Å². The van der Waals surface area contributed by atoms with Crippen LogP contribution in [0.1, 0.15) is 18.5 Å². The number of hydrogen-bond acceptors (Lipinski definition) is 5. The van der Waals surface area contributed by atoms with E-state index in [2.05, 4.69) is 15.2 Å². The fraction of sp³-hybridized carbons (Fsp3) is 0.583. The van der Waals surface area contributed by atoms with Crippen molar-refractivity contribution >= 4 is 11.4 Å². The molecule has 1 aromatic heterocycles. The Balaban J connectivity index is 2.24. The fourth-order valence-electron chi connectivity index (χ4n) is 2.24. The van der Waals surface area contributed by atoms with Crippen molar-refractivity contribution in [2.45, 2.75) is 25.1 Å². The van der Waals surface area contributed by atoms with Gasteiger partial charge in [0.05, 0.1) is 4.92 Å². The van der Waals surface area contributed by atoms with Gasteiger partial charge in [-0.3, -0.25) is 10.1 Å². The average molecular weight is 304 g/mol. The number of nitrogens with zero attached hydrogens (tertiary/aromatic N) is 3. The summed E-state index contributed by atoms with van der Waals surface area (Å²) in [4.78, 5) is 15.4. The van der Waals surface area contributed by atoms with Crippen LogP contribution >= 0.6 is 0 Å². The van der Waals surface area contributed by atoms with Gasteiger partial charge < -0.3 is 10.2 Å². The molecule has 1 fully saturated rings. The van der Waals surface area contributed by atoms with Gasteiger partial charge in [-0.2, -0.15) is 13.2 Å². The van der Waals surface area contributed by atoms with Gasteiger partial charge >= 0.3 is 11.9 Å². The number of nitrogens with one attached hydrogen (secondary N) is 1. The predicted molar refractivity (Wildman–Crippen MR) is 70.0 cm³/mol. The van der Waals surface area contributed by atoms with Gasteiger partial charge in [0, 0.05) is 6.04 Å². The van der Waals surface area contributed by atoms with Crippen LogP contribution in [0.4, 0.5) is 24.5 Å². The van der Waals surface area contributed by atoms with Gasteiger partial charge in [0.2, 0.25) is 0 Å². The molecule has 0 unspecified atom stereocenters. The van der Waals surface area contributed by atoms with Crippen LogP contribution < -0.4 is 5.32 Å². The van der Waals surface area contributed by atoms with Crippen LogP contribution in [0.25, 0.3) is 0 Å². The molecule has 6 nitrogen and oxygen atoms in total. The van der Waals surface area contributed by atoms with E-state index >= 15 is 0 Å². The topological polar surface area (TPSA) is 71.3 Å². The van der Waals surface area contributed by atoms with E-state index in [1.54, 1.807) is 0 Å². The maximum absolute atomic E-state index is 12.7. The number of nitro groups is 1. The number of hydrogen-bond donors (Lipinski definition) is 1. The van der Waals surface area contributed by atoms with Crippen molar-refractivity contribution in [3.63, 3.8) is 0 Å². The normalized spacial score (nSPS) is 17.7. The predicted octanol–water partition coefficient (Wildman–Crippen LogP) is 2.51. The summed E-state index contributed by atoms with van der Waals surface area (Å²) in [5.74, 6) is 0. The molecule has 1 N–H and O–H groups in total. The van der Waals surface area contributed by atoms with Crippen molar-refractivity contribution in [1.29, 1.82) is 0 Å². The molecule has 0 spiro atoms. The van der Waals surface area contributed by atoms with Gasteiger partial charge in [-0.25, -0.2) is 4.98 Å². The van der Waals surface area contributed by atoms with E-state index in [-0.39, 0.29) is 11.7 Å². The molecular formula is C12H15F3N4O2. The van der Waals surface area contributed by atoms with E-state index in [1.807, 2.05) is 7.05 Å². The SMILES string of the molecule is CN1CCC(Nc2cc(C(F)(F)F)ncc2[N+](=O)[O-])CC1. The van der Waals surface area contributed by atoms with Crippen molar-refractivity contribution in [2.75, 3.05) is 25.5 Å². The Hall–Kier alpha value is -1.90. The molecule has 0 aromatic carbocycles. The maximum Gasteiger partial charge on any atom is 0.433 e. The molecule has 1 aliphatic heterocycles. The number of alkyl halides is 3. The highest BCUT2D eigenvalue weighted by Gasteiger charge is 2.34. The van der Waals surface area contributed by atoms with Crippen molar-refractivity contribution in [1.82, 2.24) is 9.88 Å². The molecule has 9 heteroatoms. The molecule has 0 aliphatic carbocycles. The van der Waals surface area contributed by atoms with Gasteiger partial charge in [0.25, 0.3) is 0 Å². The standard InChI is InChI=1S/C12H15F3N4O2/c1-18-4-2-8(3-5-18)17-9-6-11(12(13,14)15)16-7-10(9)19(20)21/h6-8H,2-5H2,1H3,(H,16,17). The van der Waals surface area contributed by atoms with Gasteiger partial charge in [-0.15, -0.1) is 0 Å². The second kappa shape index (κ2) is 5.84. The zero-order valence-corrected chi connectivity index (χ0v) is 11.4. The first-order valence-corrected chi connectivity index (χ1v) is 6.44. The minimum absolute atomic E-state index is 0.0802. The van der Waals surface area contributed by atoms with E-state index in [9.17, 15) is 23.3 Å². The van der Waals surface area contributed by atoms with Crippen molar-refractivity contribution in [3.8, 4) is 0 Å². The molecule has 0 radical (unpaired) electrons. The summed E-state index contributed by atoms with van der Waals surface area (Å²) in [6.07, 6.45) is -2.53. The van der Waals surface area contributed by atoms with Crippen LogP contribution in [-0.2, 0) is 6.18 Å². The summed E-state index contributed by atoms with van der Waals surface area (Å²) < 4.78 is 38.0. The third kappa shape index (κ3) is 3.81. The van der Waals surface area contributed by atoms with E-state index in [0.717, 1.165) is 25.9 Å². The lowest BCUT2D eigenvalue weighted by atomic mass is 10.1. The van der Waals surface area contributed by atoms with Crippen LogP contribution in [0.3, 0.4) is 0 Å². The Labute approximate surface area is 119 Å². The largest absolute Gasteiger partial charge is 0.433 e. The summed E-state index contributed by atoms with van der Waals surface area (Å²) in [6, 6.07) is 0.625. The Morgan fingerprint density at radius 1 is 1.43 bits per heavy atom. The molecule has 0 atom stereocenters. The lowest BCUT2D eigenvalue weighted by Crippen LogP contribution is -2.36. The lowest BCUT2D eigenvalue weighted by Gasteiger charge is -2.30. The van der Waals surface area contributed by atoms with Crippen molar-refractivity contribution in [2.24, 2.45) is 0 Å². The minimum atomic E-state index is -4.63. The average Bonchev–Trinajstić information content (AvgIpc) is 2.40. The highest BCUT2D eigenvalue weighted by molar-refractivity contribution is 5.61. The highest BCUT2D eigenvalue weighted by atomic mass is 19.4. The fourth-order valence-corrected chi connectivity index (χ4v) is 2.24. The van der Waals surface area contributed by atoms with E-state index in [4.69, 9.17) is 0 Å². The number of piperidine rings is 1. The van der Waals surface area contributed by atoms with E-state index < -0.39 is 22.5 Å². The zero-order chi connectivity index (χ0) is 15.6. The van der Waals surface area contributed by atoms with Gasteiger partial charge in [0.15, 0.2) is 0 Å². The summed E-state index contributed by atoms with van der Waals surface area (Å²) in [7, 11) is 1.95. The van der Waals surface area contributed by atoms with E-state index in [0.29, 0.717) is 12.3 Å². The molecule has 1 aromatic rings. The summed E-state index contributed by atoms with van der Waals surface area (Å²) in [5, 5.41) is 13.8. The number of aromatic nitrogens is 1. The van der Waals surface area contributed by atoms with Crippen LogP contribution in [0, 0.1) is 10.1 Å². The molecule has 21 heavy (non-hydrogen) atoms. The first kappa shape index (κ1) is 15.5. The Bertz CT molecular complexity index is 528. The second-order valence-electron chi connectivity index (χ2n) is 5.06. The first-order valence-electron chi connectivity index (χ1n) is 6.44. The van der Waals surface area contributed by atoms with Gasteiger partial charge in [-0.05, 0) is 39.0 Å². The Morgan fingerprint density at radius 2 is 2.05 bits per heavy atom. The molecule has 0 amide bonds. The highest BCUT2D eigenvalue weighted by Crippen LogP contribution is 2.33. The molecule has 0 saturated carbocycles. The monoisotopic (exact) mass is 304 g/mol. The lowest BCUT2D eigenvalue weighted by molar-refractivity contribution is -0.384. The molecular weight excluding hydrogens is 289 g/mol. The molecule has 116 valence electrons. The minimum Gasteiger partial charge on any atom is -0.377 e.